The minimum atomic E-state index is 0.639. The second kappa shape index (κ2) is 6.98. The van der Waals surface area contributed by atoms with Gasteiger partial charge in [-0.05, 0) is 42.8 Å². The average molecular weight is 402 g/mol. The zero-order valence-corrected chi connectivity index (χ0v) is 16.9. The van der Waals surface area contributed by atoms with Crippen molar-refractivity contribution in [2.45, 2.75) is 6.92 Å². The van der Waals surface area contributed by atoms with Crippen molar-refractivity contribution >= 4 is 39.8 Å². The topological polar surface area (TPSA) is 47.6 Å². The van der Waals surface area contributed by atoms with Gasteiger partial charge in [-0.3, -0.25) is 4.40 Å². The van der Waals surface area contributed by atoms with Crippen LogP contribution in [0.2, 0.25) is 5.02 Å². The molecule has 3 heterocycles. The van der Waals surface area contributed by atoms with Crippen molar-refractivity contribution in [2.24, 2.45) is 0 Å². The minimum Gasteiger partial charge on any atom is -0.367 e. The normalized spacial score (nSPS) is 14.5. The number of aromatic nitrogens is 2. The molecule has 1 saturated heterocycles. The van der Waals surface area contributed by atoms with E-state index in [2.05, 4.69) is 38.5 Å². The zero-order chi connectivity index (χ0) is 20.0. The van der Waals surface area contributed by atoms with E-state index in [1.54, 1.807) is 0 Å². The summed E-state index contributed by atoms with van der Waals surface area (Å²) in [5.41, 5.74) is 5.35. The van der Waals surface area contributed by atoms with E-state index in [0.717, 1.165) is 65.0 Å². The highest BCUT2D eigenvalue weighted by atomic mass is 35.5. The molecule has 1 fully saturated rings. The van der Waals surface area contributed by atoms with Crippen molar-refractivity contribution in [1.82, 2.24) is 9.38 Å². The fourth-order valence-corrected chi connectivity index (χ4v) is 4.44. The second-order valence-electron chi connectivity index (χ2n) is 7.36. The SMILES string of the molecule is Cc1cc(N2CCN(c3ccccc3Cl)CC2)n2c(nc3ccccc32)c1C#N. The molecule has 0 bridgehead atoms. The summed E-state index contributed by atoms with van der Waals surface area (Å²) >= 11 is 6.40. The molecule has 2 aromatic heterocycles. The third-order valence-electron chi connectivity index (χ3n) is 5.66. The van der Waals surface area contributed by atoms with Crippen LogP contribution in [0.4, 0.5) is 11.5 Å². The first-order valence-electron chi connectivity index (χ1n) is 9.72. The molecule has 0 N–H and O–H groups in total. The molecule has 5 rings (SSSR count). The Morgan fingerprint density at radius 1 is 0.966 bits per heavy atom. The second-order valence-corrected chi connectivity index (χ2v) is 7.76. The maximum atomic E-state index is 9.69. The van der Waals surface area contributed by atoms with Crippen LogP contribution in [0.25, 0.3) is 16.7 Å². The van der Waals surface area contributed by atoms with Gasteiger partial charge in [-0.2, -0.15) is 5.26 Å². The fraction of sp³-hybridized carbons (Fsp3) is 0.217. The van der Waals surface area contributed by atoms with E-state index >= 15 is 0 Å². The van der Waals surface area contributed by atoms with Crippen LogP contribution in [0.3, 0.4) is 0 Å². The summed E-state index contributed by atoms with van der Waals surface area (Å²) in [5, 5.41) is 10.5. The molecule has 0 saturated carbocycles. The number of hydrogen-bond donors (Lipinski definition) is 0. The highest BCUT2D eigenvalue weighted by Gasteiger charge is 2.23. The molecule has 2 aromatic carbocycles. The third-order valence-corrected chi connectivity index (χ3v) is 5.98. The van der Waals surface area contributed by atoms with Crippen LogP contribution < -0.4 is 9.80 Å². The molecule has 0 unspecified atom stereocenters. The Labute approximate surface area is 174 Å². The van der Waals surface area contributed by atoms with Gasteiger partial charge >= 0.3 is 0 Å². The lowest BCUT2D eigenvalue weighted by Crippen LogP contribution is -2.47. The number of piperazine rings is 1. The lowest BCUT2D eigenvalue weighted by Gasteiger charge is -2.38. The maximum absolute atomic E-state index is 9.69. The number of imidazole rings is 1. The van der Waals surface area contributed by atoms with Gasteiger partial charge in [0.2, 0.25) is 0 Å². The van der Waals surface area contributed by atoms with E-state index in [0.29, 0.717) is 5.56 Å². The molecule has 0 amide bonds. The third kappa shape index (κ3) is 2.88. The number of pyridine rings is 1. The number of anilines is 2. The van der Waals surface area contributed by atoms with Crippen molar-refractivity contribution < 1.29 is 0 Å². The molecule has 144 valence electrons. The average Bonchev–Trinajstić information content (AvgIpc) is 3.13. The maximum Gasteiger partial charge on any atom is 0.157 e. The van der Waals surface area contributed by atoms with Crippen molar-refractivity contribution in [2.75, 3.05) is 36.0 Å². The van der Waals surface area contributed by atoms with Gasteiger partial charge in [-0.25, -0.2) is 4.98 Å². The number of rotatable bonds is 2. The highest BCUT2D eigenvalue weighted by Crippen LogP contribution is 2.31. The van der Waals surface area contributed by atoms with Gasteiger partial charge in [-0.15, -0.1) is 0 Å². The van der Waals surface area contributed by atoms with Crippen LogP contribution in [-0.4, -0.2) is 35.6 Å². The number of nitriles is 1. The molecule has 29 heavy (non-hydrogen) atoms. The van der Waals surface area contributed by atoms with Gasteiger partial charge in [0.1, 0.15) is 11.9 Å². The van der Waals surface area contributed by atoms with Crippen molar-refractivity contribution in [1.29, 1.82) is 5.26 Å². The summed E-state index contributed by atoms with van der Waals surface area (Å²) in [6.07, 6.45) is 0. The van der Waals surface area contributed by atoms with Crippen LogP contribution in [0.5, 0.6) is 0 Å². The molecule has 6 heteroatoms. The monoisotopic (exact) mass is 401 g/mol. The molecule has 0 radical (unpaired) electrons. The van der Waals surface area contributed by atoms with E-state index in [4.69, 9.17) is 16.6 Å². The molecule has 1 aliphatic heterocycles. The first kappa shape index (κ1) is 17.8. The first-order chi connectivity index (χ1) is 14.2. The van der Waals surface area contributed by atoms with Crippen LogP contribution >= 0.6 is 11.6 Å². The van der Waals surface area contributed by atoms with Crippen LogP contribution in [0.15, 0.2) is 54.6 Å². The lowest BCUT2D eigenvalue weighted by molar-refractivity contribution is 0.645. The van der Waals surface area contributed by atoms with Gasteiger partial charge in [0.25, 0.3) is 0 Å². The number of fused-ring (bicyclic) bond motifs is 3. The Balaban J connectivity index is 1.56. The lowest BCUT2D eigenvalue weighted by atomic mass is 10.1. The summed E-state index contributed by atoms with van der Waals surface area (Å²) in [5.74, 6) is 1.09. The number of hydrogen-bond acceptors (Lipinski definition) is 4. The number of para-hydroxylation sites is 3. The van der Waals surface area contributed by atoms with E-state index < -0.39 is 0 Å². The molecule has 0 atom stereocenters. The van der Waals surface area contributed by atoms with Gasteiger partial charge in [0.15, 0.2) is 5.65 Å². The summed E-state index contributed by atoms with van der Waals surface area (Å²) in [4.78, 5) is 9.47. The van der Waals surface area contributed by atoms with Gasteiger partial charge in [0.05, 0.1) is 27.3 Å². The smallest absolute Gasteiger partial charge is 0.157 e. The fourth-order valence-electron chi connectivity index (χ4n) is 4.19. The summed E-state index contributed by atoms with van der Waals surface area (Å²) in [7, 11) is 0. The Morgan fingerprint density at radius 3 is 2.41 bits per heavy atom. The van der Waals surface area contributed by atoms with Crippen molar-refractivity contribution in [3.63, 3.8) is 0 Å². The van der Waals surface area contributed by atoms with Gasteiger partial charge in [-0.1, -0.05) is 35.9 Å². The van der Waals surface area contributed by atoms with E-state index in [1.807, 2.05) is 43.3 Å². The minimum absolute atomic E-state index is 0.639. The molecule has 5 nitrogen and oxygen atoms in total. The van der Waals surface area contributed by atoms with Crippen molar-refractivity contribution in [3.05, 3.63) is 70.7 Å². The number of halogens is 1. The van der Waals surface area contributed by atoms with Gasteiger partial charge in [0, 0.05) is 26.2 Å². The summed E-state index contributed by atoms with van der Waals surface area (Å²) in [6.45, 7) is 5.51. The number of benzene rings is 2. The van der Waals surface area contributed by atoms with Crippen LogP contribution in [-0.2, 0) is 0 Å². The van der Waals surface area contributed by atoms with E-state index in [1.165, 1.54) is 0 Å². The zero-order valence-electron chi connectivity index (χ0n) is 16.1. The first-order valence-corrected chi connectivity index (χ1v) is 10.1. The molecular weight excluding hydrogens is 382 g/mol. The Bertz CT molecular complexity index is 1260. The Morgan fingerprint density at radius 2 is 1.66 bits per heavy atom. The Hall–Kier alpha value is -3.23. The molecular formula is C23H20ClN5. The standard InChI is InChI=1S/C23H20ClN5/c1-16-14-22(28-12-10-27(11-13-28)20-8-4-2-6-18(20)24)29-21-9-5-3-7-19(21)26-23(29)17(16)15-25/h2-9,14H,10-13H2,1H3. The van der Waals surface area contributed by atoms with Crippen LogP contribution in [0, 0.1) is 18.3 Å². The molecule has 0 spiro atoms. The summed E-state index contributed by atoms with van der Waals surface area (Å²) in [6, 6.07) is 20.5. The predicted molar refractivity (Wildman–Crippen MR) is 118 cm³/mol. The largest absolute Gasteiger partial charge is 0.367 e. The highest BCUT2D eigenvalue weighted by molar-refractivity contribution is 6.33. The van der Waals surface area contributed by atoms with E-state index in [-0.39, 0.29) is 0 Å². The Kier molecular flexibility index (Phi) is 4.30. The number of aryl methyl sites for hydroxylation is 1. The molecule has 0 aliphatic carbocycles. The summed E-state index contributed by atoms with van der Waals surface area (Å²) < 4.78 is 2.13. The number of nitrogens with zero attached hydrogens (tertiary/aromatic N) is 5. The van der Waals surface area contributed by atoms with E-state index in [9.17, 15) is 5.26 Å². The van der Waals surface area contributed by atoms with Crippen molar-refractivity contribution in [3.8, 4) is 6.07 Å². The molecule has 1 aliphatic rings. The predicted octanol–water partition coefficient (Wildman–Crippen LogP) is 4.65. The van der Waals surface area contributed by atoms with Crippen LogP contribution in [0.1, 0.15) is 11.1 Å². The van der Waals surface area contributed by atoms with Gasteiger partial charge < -0.3 is 9.80 Å². The quantitative estimate of drug-likeness (QED) is 0.490. The molecule has 4 aromatic rings.